The summed E-state index contributed by atoms with van der Waals surface area (Å²) in [7, 11) is 0. The Morgan fingerprint density at radius 3 is 2.37 bits per heavy atom. The minimum Gasteiger partial charge on any atom is -0.480 e. The molecule has 0 heterocycles. The fourth-order valence-corrected chi connectivity index (χ4v) is 3.25. The van der Waals surface area contributed by atoms with E-state index >= 15 is 0 Å². The monoisotopic (exact) mass is 386 g/mol. The summed E-state index contributed by atoms with van der Waals surface area (Å²) in [6, 6.07) is 13.1. The van der Waals surface area contributed by atoms with Crippen LogP contribution in [-0.4, -0.2) is 35.2 Å². The summed E-state index contributed by atoms with van der Waals surface area (Å²) in [4.78, 5) is 35.3. The van der Waals surface area contributed by atoms with Crippen molar-refractivity contribution in [2.24, 2.45) is 0 Å². The normalized spacial score (nSPS) is 10.3. The van der Waals surface area contributed by atoms with Crippen molar-refractivity contribution in [2.45, 2.75) is 25.2 Å². The summed E-state index contributed by atoms with van der Waals surface area (Å²) in [6.45, 7) is 3.64. The van der Waals surface area contributed by atoms with Crippen LogP contribution in [0.5, 0.6) is 0 Å². The second kappa shape index (κ2) is 9.78. The van der Waals surface area contributed by atoms with Crippen LogP contribution in [0.15, 0.2) is 47.4 Å². The molecule has 142 valence electrons. The van der Waals surface area contributed by atoms with Gasteiger partial charge in [0.1, 0.15) is 6.54 Å². The van der Waals surface area contributed by atoms with E-state index in [2.05, 4.69) is 16.7 Å². The number of thioether (sulfide) groups is 1. The molecule has 0 aliphatic rings. The van der Waals surface area contributed by atoms with Crippen LogP contribution in [0.25, 0.3) is 0 Å². The summed E-state index contributed by atoms with van der Waals surface area (Å²) in [5.74, 6) is -1.24. The van der Waals surface area contributed by atoms with Crippen LogP contribution in [0.4, 0.5) is 5.69 Å². The summed E-state index contributed by atoms with van der Waals surface area (Å²) in [5, 5.41) is 13.7. The average molecular weight is 386 g/mol. The lowest BCUT2D eigenvalue weighted by Crippen LogP contribution is -2.30. The maximum atomic E-state index is 12.1. The van der Waals surface area contributed by atoms with Gasteiger partial charge in [0, 0.05) is 10.6 Å². The molecule has 0 aliphatic heterocycles. The molecule has 0 saturated heterocycles. The van der Waals surface area contributed by atoms with Crippen molar-refractivity contribution in [3.63, 3.8) is 0 Å². The van der Waals surface area contributed by atoms with Gasteiger partial charge in [-0.25, -0.2) is 0 Å². The zero-order valence-corrected chi connectivity index (χ0v) is 16.1. The van der Waals surface area contributed by atoms with E-state index in [9.17, 15) is 14.4 Å². The minimum atomic E-state index is -1.08. The molecular weight excluding hydrogens is 364 g/mol. The van der Waals surface area contributed by atoms with Crippen LogP contribution in [-0.2, 0) is 20.8 Å². The Kier molecular flexibility index (Phi) is 7.43. The minimum absolute atomic E-state index is 0.0873. The molecule has 0 aliphatic carbocycles. The van der Waals surface area contributed by atoms with Gasteiger partial charge in [0.25, 0.3) is 0 Å². The summed E-state index contributed by atoms with van der Waals surface area (Å²) < 4.78 is 0. The highest BCUT2D eigenvalue weighted by atomic mass is 32.2. The highest BCUT2D eigenvalue weighted by molar-refractivity contribution is 8.00. The smallest absolute Gasteiger partial charge is 0.322 e. The molecule has 3 N–H and O–H groups in total. The second-order valence-corrected chi connectivity index (χ2v) is 7.17. The summed E-state index contributed by atoms with van der Waals surface area (Å²) >= 11 is 1.49. The third-order valence-electron chi connectivity index (χ3n) is 3.74. The molecule has 2 aromatic rings. The van der Waals surface area contributed by atoms with Gasteiger partial charge in [-0.05, 0) is 43.2 Å². The largest absolute Gasteiger partial charge is 0.480 e. The topological polar surface area (TPSA) is 95.5 Å². The molecular formula is C20H22N2O4S. The van der Waals surface area contributed by atoms with Crippen molar-refractivity contribution in [3.05, 3.63) is 59.2 Å². The molecule has 2 rings (SSSR count). The zero-order valence-electron chi connectivity index (χ0n) is 15.2. The van der Waals surface area contributed by atoms with Crippen LogP contribution in [0.3, 0.4) is 0 Å². The predicted octanol–water partition coefficient (Wildman–Crippen LogP) is 2.78. The first-order chi connectivity index (χ1) is 12.8. The van der Waals surface area contributed by atoms with E-state index in [-0.39, 0.29) is 18.2 Å². The van der Waals surface area contributed by atoms with Crippen LogP contribution in [0.1, 0.15) is 16.7 Å². The summed E-state index contributed by atoms with van der Waals surface area (Å²) in [5.41, 5.74) is 3.69. The van der Waals surface area contributed by atoms with Crippen LogP contribution in [0.2, 0.25) is 0 Å². The number of benzene rings is 2. The fourth-order valence-electron chi connectivity index (χ4n) is 2.33. The molecule has 7 heteroatoms. The molecule has 0 unspecified atom stereocenters. The molecule has 2 aromatic carbocycles. The quantitative estimate of drug-likeness (QED) is 0.607. The number of aryl methyl sites for hydroxylation is 2. The standard InChI is InChI=1S/C20H22N2O4S/c1-13-3-4-14(2)17(9-13)27-12-19(24)22-16-7-5-15(6-8-16)10-18(23)21-11-20(25)26/h3-9H,10-12H2,1-2H3,(H,21,23)(H,22,24)(H,25,26). The number of hydrogen-bond acceptors (Lipinski definition) is 4. The molecule has 0 saturated carbocycles. The maximum absolute atomic E-state index is 12.1. The highest BCUT2D eigenvalue weighted by Gasteiger charge is 2.08. The first-order valence-electron chi connectivity index (χ1n) is 8.41. The Balaban J connectivity index is 1.83. The number of nitrogens with one attached hydrogen (secondary N) is 2. The molecule has 0 aromatic heterocycles. The van der Waals surface area contributed by atoms with Crippen LogP contribution < -0.4 is 10.6 Å². The predicted molar refractivity (Wildman–Crippen MR) is 106 cm³/mol. The van der Waals surface area contributed by atoms with Crippen molar-refractivity contribution in [1.29, 1.82) is 0 Å². The third kappa shape index (κ3) is 7.15. The van der Waals surface area contributed by atoms with Crippen LogP contribution >= 0.6 is 11.8 Å². The Morgan fingerprint density at radius 1 is 1.00 bits per heavy atom. The molecule has 0 spiro atoms. The molecule has 0 bridgehead atoms. The molecule has 0 atom stereocenters. The van der Waals surface area contributed by atoms with E-state index in [1.54, 1.807) is 24.3 Å². The van der Waals surface area contributed by atoms with Crippen molar-refractivity contribution >= 4 is 35.2 Å². The molecule has 2 amide bonds. The number of aliphatic carboxylic acids is 1. The fraction of sp³-hybridized carbons (Fsp3) is 0.250. The first-order valence-corrected chi connectivity index (χ1v) is 9.39. The third-order valence-corrected chi connectivity index (χ3v) is 4.90. The molecule has 27 heavy (non-hydrogen) atoms. The van der Waals surface area contributed by atoms with E-state index in [1.807, 2.05) is 26.0 Å². The highest BCUT2D eigenvalue weighted by Crippen LogP contribution is 2.23. The van der Waals surface area contributed by atoms with Crippen molar-refractivity contribution in [1.82, 2.24) is 5.32 Å². The van der Waals surface area contributed by atoms with E-state index < -0.39 is 12.5 Å². The number of rotatable bonds is 8. The van der Waals surface area contributed by atoms with Gasteiger partial charge in [-0.3, -0.25) is 14.4 Å². The van der Waals surface area contributed by atoms with Crippen LogP contribution in [0, 0.1) is 13.8 Å². The Bertz CT molecular complexity index is 834. The van der Waals surface area contributed by atoms with Gasteiger partial charge in [-0.1, -0.05) is 29.8 Å². The molecule has 6 nitrogen and oxygen atoms in total. The average Bonchev–Trinajstić information content (AvgIpc) is 2.62. The van der Waals surface area contributed by atoms with Crippen molar-refractivity contribution in [3.8, 4) is 0 Å². The Morgan fingerprint density at radius 2 is 1.70 bits per heavy atom. The van der Waals surface area contributed by atoms with Crippen molar-refractivity contribution in [2.75, 3.05) is 17.6 Å². The van der Waals surface area contributed by atoms with E-state index in [1.165, 1.54) is 11.8 Å². The number of carbonyl (C=O) groups is 3. The van der Waals surface area contributed by atoms with Gasteiger partial charge in [-0.2, -0.15) is 0 Å². The van der Waals surface area contributed by atoms with Gasteiger partial charge in [0.2, 0.25) is 11.8 Å². The SMILES string of the molecule is Cc1ccc(C)c(SCC(=O)Nc2ccc(CC(=O)NCC(=O)O)cc2)c1. The van der Waals surface area contributed by atoms with Gasteiger partial charge >= 0.3 is 5.97 Å². The van der Waals surface area contributed by atoms with Gasteiger partial charge in [0.05, 0.1) is 12.2 Å². The Labute approximate surface area is 162 Å². The molecule has 0 fully saturated rings. The lowest BCUT2D eigenvalue weighted by molar-refractivity contribution is -0.137. The molecule has 0 radical (unpaired) electrons. The van der Waals surface area contributed by atoms with Crippen molar-refractivity contribution < 1.29 is 19.5 Å². The number of hydrogen-bond donors (Lipinski definition) is 3. The lowest BCUT2D eigenvalue weighted by Gasteiger charge is -2.09. The number of anilines is 1. The number of amides is 2. The maximum Gasteiger partial charge on any atom is 0.322 e. The summed E-state index contributed by atoms with van der Waals surface area (Å²) in [6.07, 6.45) is 0.0873. The number of carbonyl (C=O) groups excluding carboxylic acids is 2. The van der Waals surface area contributed by atoms with Gasteiger partial charge in [0.15, 0.2) is 0 Å². The van der Waals surface area contributed by atoms with Gasteiger partial charge < -0.3 is 15.7 Å². The Hall–Kier alpha value is -2.80. The first kappa shape index (κ1) is 20.5. The van der Waals surface area contributed by atoms with E-state index in [4.69, 9.17) is 5.11 Å². The lowest BCUT2D eigenvalue weighted by atomic mass is 10.1. The van der Waals surface area contributed by atoms with Gasteiger partial charge in [-0.15, -0.1) is 11.8 Å². The van der Waals surface area contributed by atoms with E-state index in [0.29, 0.717) is 11.4 Å². The second-order valence-electron chi connectivity index (χ2n) is 6.15. The number of carboxylic acids is 1. The van der Waals surface area contributed by atoms with E-state index in [0.717, 1.165) is 21.6 Å². The zero-order chi connectivity index (χ0) is 19.8. The number of carboxylic acid groups (broad SMARTS) is 1.